The van der Waals surface area contributed by atoms with Gasteiger partial charge >= 0.3 is 0 Å². The van der Waals surface area contributed by atoms with Crippen molar-refractivity contribution in [1.82, 2.24) is 4.90 Å². The lowest BCUT2D eigenvalue weighted by Crippen LogP contribution is -2.37. The molecule has 32 heavy (non-hydrogen) atoms. The Morgan fingerprint density at radius 2 is 1.69 bits per heavy atom. The molecule has 0 radical (unpaired) electrons. The van der Waals surface area contributed by atoms with Gasteiger partial charge in [-0.15, -0.1) is 0 Å². The van der Waals surface area contributed by atoms with Crippen LogP contribution < -0.4 is 10.1 Å². The summed E-state index contributed by atoms with van der Waals surface area (Å²) >= 11 is 0. The number of hydrogen-bond donors (Lipinski definition) is 1. The number of nitro groups is 1. The Labute approximate surface area is 182 Å². The van der Waals surface area contributed by atoms with Gasteiger partial charge in [-0.3, -0.25) is 29.4 Å². The number of fused-ring (bicyclic) bond motifs is 1. The minimum atomic E-state index is -0.745. The van der Waals surface area contributed by atoms with Crippen molar-refractivity contribution < 1.29 is 24.0 Å². The molecule has 0 aliphatic carbocycles. The van der Waals surface area contributed by atoms with Crippen LogP contribution in [0.1, 0.15) is 26.3 Å². The van der Waals surface area contributed by atoms with Gasteiger partial charge in [0.25, 0.3) is 17.5 Å². The number of nitro benzene ring substituents is 1. The maximum atomic E-state index is 12.5. The second-order valence-corrected chi connectivity index (χ2v) is 7.17. The quantitative estimate of drug-likeness (QED) is 0.359. The third-order valence-electron chi connectivity index (χ3n) is 4.83. The lowest BCUT2D eigenvalue weighted by atomic mass is 10.1. The number of nitrogens with zero attached hydrogens (tertiary/aromatic N) is 2. The first-order chi connectivity index (χ1) is 15.3. The van der Waals surface area contributed by atoms with Crippen molar-refractivity contribution in [3.63, 3.8) is 0 Å². The Kier molecular flexibility index (Phi) is 5.38. The number of hydrogen-bond acceptors (Lipinski definition) is 6. The van der Waals surface area contributed by atoms with Crippen molar-refractivity contribution in [3.8, 4) is 11.5 Å². The van der Waals surface area contributed by atoms with Crippen molar-refractivity contribution >= 4 is 29.1 Å². The first-order valence-corrected chi connectivity index (χ1v) is 9.61. The number of carbonyl (C=O) groups is 3. The van der Waals surface area contributed by atoms with Gasteiger partial charge in [0.05, 0.1) is 16.1 Å². The summed E-state index contributed by atoms with van der Waals surface area (Å²) in [6, 6.07) is 17.6. The number of ether oxygens (including phenoxy) is 1. The fraction of sp³-hybridized carbons (Fsp3) is 0.0870. The zero-order valence-corrected chi connectivity index (χ0v) is 16.9. The van der Waals surface area contributed by atoms with E-state index in [0.29, 0.717) is 17.2 Å². The Morgan fingerprint density at radius 1 is 0.969 bits per heavy atom. The summed E-state index contributed by atoms with van der Waals surface area (Å²) in [5.41, 5.74) is 1.16. The molecule has 0 saturated heterocycles. The molecule has 0 aromatic heterocycles. The maximum Gasteiger partial charge on any atom is 0.270 e. The van der Waals surface area contributed by atoms with Crippen LogP contribution in [0, 0.1) is 17.0 Å². The fourth-order valence-electron chi connectivity index (χ4n) is 3.30. The van der Waals surface area contributed by atoms with E-state index in [4.69, 9.17) is 4.74 Å². The highest BCUT2D eigenvalue weighted by Crippen LogP contribution is 2.27. The summed E-state index contributed by atoms with van der Waals surface area (Å²) in [5, 5.41) is 13.5. The lowest BCUT2D eigenvalue weighted by molar-refractivity contribution is -0.384. The molecule has 0 bridgehead atoms. The zero-order valence-electron chi connectivity index (χ0n) is 16.9. The molecule has 160 valence electrons. The summed E-state index contributed by atoms with van der Waals surface area (Å²) in [6.07, 6.45) is 0. The van der Waals surface area contributed by atoms with Gasteiger partial charge in [-0.2, -0.15) is 0 Å². The molecular weight excluding hydrogens is 414 g/mol. The molecule has 9 heteroatoms. The predicted molar refractivity (Wildman–Crippen MR) is 115 cm³/mol. The van der Waals surface area contributed by atoms with Crippen molar-refractivity contribution in [1.29, 1.82) is 0 Å². The van der Waals surface area contributed by atoms with E-state index >= 15 is 0 Å². The highest BCUT2D eigenvalue weighted by Gasteiger charge is 2.37. The van der Waals surface area contributed by atoms with Gasteiger partial charge < -0.3 is 10.1 Å². The van der Waals surface area contributed by atoms with Crippen LogP contribution in [0.15, 0.2) is 66.7 Å². The zero-order chi connectivity index (χ0) is 22.8. The molecule has 0 fully saturated rings. The minimum Gasteiger partial charge on any atom is -0.457 e. The number of non-ortho nitro benzene ring substituents is 1. The summed E-state index contributed by atoms with van der Waals surface area (Å²) in [4.78, 5) is 48.4. The summed E-state index contributed by atoms with van der Waals surface area (Å²) in [7, 11) is 0. The largest absolute Gasteiger partial charge is 0.457 e. The van der Waals surface area contributed by atoms with Crippen LogP contribution in [-0.2, 0) is 4.79 Å². The first-order valence-electron chi connectivity index (χ1n) is 9.61. The van der Waals surface area contributed by atoms with Gasteiger partial charge in [-0.05, 0) is 55.0 Å². The number of nitrogens with one attached hydrogen (secondary N) is 1. The van der Waals surface area contributed by atoms with Crippen LogP contribution in [0.5, 0.6) is 11.5 Å². The van der Waals surface area contributed by atoms with Crippen LogP contribution >= 0.6 is 0 Å². The Hall–Kier alpha value is -4.53. The molecule has 1 heterocycles. The number of aryl methyl sites for hydroxylation is 1. The molecule has 0 saturated carbocycles. The molecule has 1 N–H and O–H groups in total. The number of benzene rings is 3. The molecule has 1 aliphatic rings. The Bertz CT molecular complexity index is 1250. The van der Waals surface area contributed by atoms with Crippen molar-refractivity contribution in [2.75, 3.05) is 11.9 Å². The molecule has 9 nitrogen and oxygen atoms in total. The smallest absolute Gasteiger partial charge is 0.270 e. The Morgan fingerprint density at radius 3 is 2.38 bits per heavy atom. The SMILES string of the molecule is Cc1cccc(Oc2ccc(NC(=O)CN3C(=O)c4ccc([N+](=O)[O-])cc4C3=O)cc2)c1. The average molecular weight is 431 g/mol. The van der Waals surface area contributed by atoms with Crippen molar-refractivity contribution in [2.45, 2.75) is 6.92 Å². The van der Waals surface area contributed by atoms with E-state index in [1.54, 1.807) is 24.3 Å². The fourth-order valence-corrected chi connectivity index (χ4v) is 3.30. The van der Waals surface area contributed by atoms with Crippen molar-refractivity contribution in [2.24, 2.45) is 0 Å². The molecule has 3 amide bonds. The first kappa shape index (κ1) is 20.7. The number of amides is 3. The highest BCUT2D eigenvalue weighted by molar-refractivity contribution is 6.23. The van der Waals surface area contributed by atoms with Gasteiger partial charge in [0.15, 0.2) is 0 Å². The van der Waals surface area contributed by atoms with Gasteiger partial charge in [0.1, 0.15) is 18.0 Å². The summed E-state index contributed by atoms with van der Waals surface area (Å²) in [5.74, 6) is -0.729. The van der Waals surface area contributed by atoms with Gasteiger partial charge in [0.2, 0.25) is 5.91 Å². The third kappa shape index (κ3) is 4.17. The monoisotopic (exact) mass is 431 g/mol. The van der Waals surface area contributed by atoms with E-state index in [-0.39, 0.29) is 16.8 Å². The Balaban J connectivity index is 1.40. The number of rotatable bonds is 6. The topological polar surface area (TPSA) is 119 Å². The van der Waals surface area contributed by atoms with E-state index in [1.807, 2.05) is 31.2 Å². The van der Waals surface area contributed by atoms with E-state index in [2.05, 4.69) is 5.32 Å². The molecule has 3 aromatic rings. The van der Waals surface area contributed by atoms with E-state index in [1.165, 1.54) is 6.07 Å². The van der Waals surface area contributed by atoms with E-state index in [0.717, 1.165) is 22.6 Å². The third-order valence-corrected chi connectivity index (χ3v) is 4.83. The second-order valence-electron chi connectivity index (χ2n) is 7.17. The number of anilines is 1. The summed E-state index contributed by atoms with van der Waals surface area (Å²) in [6.45, 7) is 1.45. The van der Waals surface area contributed by atoms with E-state index in [9.17, 15) is 24.5 Å². The minimum absolute atomic E-state index is 0.0334. The summed E-state index contributed by atoms with van der Waals surface area (Å²) < 4.78 is 5.76. The molecule has 4 rings (SSSR count). The van der Waals surface area contributed by atoms with Crippen LogP contribution in [0.25, 0.3) is 0 Å². The highest BCUT2D eigenvalue weighted by atomic mass is 16.6. The normalized spacial score (nSPS) is 12.5. The van der Waals surface area contributed by atoms with Crippen LogP contribution in [0.3, 0.4) is 0 Å². The molecular formula is C23H17N3O6. The molecule has 0 spiro atoms. The molecule has 1 aliphatic heterocycles. The van der Waals surface area contributed by atoms with Gasteiger partial charge in [0, 0.05) is 17.8 Å². The maximum absolute atomic E-state index is 12.5. The molecule has 3 aromatic carbocycles. The van der Waals surface area contributed by atoms with Crippen LogP contribution in [0.4, 0.5) is 11.4 Å². The number of imide groups is 1. The molecule has 0 unspecified atom stereocenters. The van der Waals surface area contributed by atoms with Gasteiger partial charge in [-0.25, -0.2) is 0 Å². The lowest BCUT2D eigenvalue weighted by Gasteiger charge is -2.14. The average Bonchev–Trinajstić information content (AvgIpc) is 2.99. The molecule has 0 atom stereocenters. The van der Waals surface area contributed by atoms with E-state index < -0.39 is 29.2 Å². The predicted octanol–water partition coefficient (Wildman–Crippen LogP) is 3.93. The van der Waals surface area contributed by atoms with Crippen molar-refractivity contribution in [3.05, 3.63) is 93.5 Å². The van der Waals surface area contributed by atoms with Crippen LogP contribution in [0.2, 0.25) is 0 Å². The van der Waals surface area contributed by atoms with Crippen LogP contribution in [-0.4, -0.2) is 34.1 Å². The standard InChI is InChI=1S/C23H17N3O6/c1-14-3-2-4-18(11-14)32-17-8-5-15(6-9-17)24-21(27)13-25-22(28)19-10-7-16(26(30)31)12-20(19)23(25)29/h2-12H,13H2,1H3,(H,24,27). The van der Waals surface area contributed by atoms with Gasteiger partial charge in [-0.1, -0.05) is 12.1 Å². The number of carbonyl (C=O) groups excluding carboxylic acids is 3. The second kappa shape index (κ2) is 8.31.